The van der Waals surface area contributed by atoms with Gasteiger partial charge in [0.05, 0.1) is 0 Å². The summed E-state index contributed by atoms with van der Waals surface area (Å²) in [5.74, 6) is 2.04. The lowest BCUT2D eigenvalue weighted by molar-refractivity contribution is 0.164. The predicted molar refractivity (Wildman–Crippen MR) is 85.6 cm³/mol. The fourth-order valence-electron chi connectivity index (χ4n) is 3.00. The van der Waals surface area contributed by atoms with E-state index < -0.39 is 0 Å². The van der Waals surface area contributed by atoms with E-state index in [2.05, 4.69) is 32.3 Å². The molecule has 0 spiro atoms. The molecule has 1 aliphatic heterocycles. The number of hydrogen-bond acceptors (Lipinski definition) is 6. The van der Waals surface area contributed by atoms with Gasteiger partial charge in [-0.1, -0.05) is 18.5 Å². The van der Waals surface area contributed by atoms with Gasteiger partial charge in [-0.05, 0) is 45.0 Å². The second-order valence-corrected chi connectivity index (χ2v) is 5.74. The van der Waals surface area contributed by atoms with Gasteiger partial charge in [0, 0.05) is 24.3 Å². The first-order valence-electron chi connectivity index (χ1n) is 8.01. The summed E-state index contributed by atoms with van der Waals surface area (Å²) in [5.41, 5.74) is 0.897. The van der Waals surface area contributed by atoms with Crippen molar-refractivity contribution < 1.29 is 4.52 Å². The van der Waals surface area contributed by atoms with E-state index in [0.717, 1.165) is 24.5 Å². The van der Waals surface area contributed by atoms with Crippen molar-refractivity contribution in [2.75, 3.05) is 25.0 Å². The predicted octanol–water partition coefficient (Wildman–Crippen LogP) is 2.73. The fourth-order valence-corrected chi connectivity index (χ4v) is 3.00. The summed E-state index contributed by atoms with van der Waals surface area (Å²) in [4.78, 5) is 11.2. The minimum Gasteiger partial charge on any atom is -0.368 e. The number of anilines is 1. The van der Waals surface area contributed by atoms with Gasteiger partial charge < -0.3 is 9.84 Å². The Morgan fingerprint density at radius 3 is 3.09 bits per heavy atom. The van der Waals surface area contributed by atoms with Gasteiger partial charge in [0.1, 0.15) is 5.82 Å². The number of pyridine rings is 1. The molecule has 6 nitrogen and oxygen atoms in total. The summed E-state index contributed by atoms with van der Waals surface area (Å²) >= 11 is 0. The molecule has 22 heavy (non-hydrogen) atoms. The molecule has 2 aromatic heterocycles. The third-order valence-electron chi connectivity index (χ3n) is 4.21. The third kappa shape index (κ3) is 3.44. The van der Waals surface area contributed by atoms with E-state index in [4.69, 9.17) is 4.52 Å². The minimum atomic E-state index is 0.538. The average molecular weight is 301 g/mol. The van der Waals surface area contributed by atoms with Crippen molar-refractivity contribution in [3.8, 4) is 11.5 Å². The second kappa shape index (κ2) is 6.87. The number of aromatic nitrogens is 3. The molecule has 1 unspecified atom stereocenters. The Balaban J connectivity index is 1.65. The van der Waals surface area contributed by atoms with E-state index in [1.165, 1.54) is 25.8 Å². The standard InChI is InChI=1S/C16H23N5O/c1-3-21-9-5-4-6-14(21)11-18-15-10-13(7-8-17-15)16-19-12(2)20-22-16/h7-8,10,14H,3-6,9,11H2,1-2H3,(H,17,18). The molecule has 0 aromatic carbocycles. The molecule has 1 saturated heterocycles. The van der Waals surface area contributed by atoms with E-state index in [9.17, 15) is 0 Å². The highest BCUT2D eigenvalue weighted by Gasteiger charge is 2.20. The lowest BCUT2D eigenvalue weighted by Crippen LogP contribution is -2.43. The lowest BCUT2D eigenvalue weighted by atomic mass is 10.0. The molecular formula is C16H23N5O. The highest BCUT2D eigenvalue weighted by Crippen LogP contribution is 2.20. The van der Waals surface area contributed by atoms with Crippen LogP contribution in [0.2, 0.25) is 0 Å². The van der Waals surface area contributed by atoms with Gasteiger partial charge in [-0.3, -0.25) is 4.90 Å². The molecule has 0 bridgehead atoms. The third-order valence-corrected chi connectivity index (χ3v) is 4.21. The molecular weight excluding hydrogens is 278 g/mol. The van der Waals surface area contributed by atoms with Crippen molar-refractivity contribution in [1.82, 2.24) is 20.0 Å². The maximum Gasteiger partial charge on any atom is 0.258 e. The Hall–Kier alpha value is -1.95. The second-order valence-electron chi connectivity index (χ2n) is 5.74. The highest BCUT2D eigenvalue weighted by molar-refractivity contribution is 5.57. The van der Waals surface area contributed by atoms with Crippen molar-refractivity contribution >= 4 is 5.82 Å². The Bertz CT molecular complexity index is 612. The fraction of sp³-hybridized carbons (Fsp3) is 0.562. The molecule has 1 N–H and O–H groups in total. The van der Waals surface area contributed by atoms with Crippen molar-refractivity contribution in [3.63, 3.8) is 0 Å². The van der Waals surface area contributed by atoms with Crippen LogP contribution in [0.25, 0.3) is 11.5 Å². The zero-order chi connectivity index (χ0) is 15.4. The topological polar surface area (TPSA) is 67.1 Å². The molecule has 1 aliphatic rings. The quantitative estimate of drug-likeness (QED) is 0.916. The van der Waals surface area contributed by atoms with Crippen LogP contribution in [0.15, 0.2) is 22.9 Å². The number of nitrogens with one attached hydrogen (secondary N) is 1. The maximum atomic E-state index is 5.21. The van der Waals surface area contributed by atoms with Crippen molar-refractivity contribution in [1.29, 1.82) is 0 Å². The molecule has 118 valence electrons. The van der Waals surface area contributed by atoms with Crippen LogP contribution in [0, 0.1) is 6.92 Å². The Labute approximate surface area is 130 Å². The number of aryl methyl sites for hydroxylation is 1. The molecule has 3 heterocycles. The molecule has 0 aliphatic carbocycles. The summed E-state index contributed by atoms with van der Waals surface area (Å²) < 4.78 is 5.21. The normalized spacial score (nSPS) is 19.3. The average Bonchev–Trinajstić information content (AvgIpc) is 3.00. The van der Waals surface area contributed by atoms with E-state index in [1.54, 1.807) is 6.20 Å². The van der Waals surface area contributed by atoms with Gasteiger partial charge >= 0.3 is 0 Å². The van der Waals surface area contributed by atoms with Crippen LogP contribution in [0.4, 0.5) is 5.82 Å². The summed E-state index contributed by atoms with van der Waals surface area (Å²) in [6.07, 6.45) is 5.66. The zero-order valence-electron chi connectivity index (χ0n) is 13.2. The lowest BCUT2D eigenvalue weighted by Gasteiger charge is -2.35. The smallest absolute Gasteiger partial charge is 0.258 e. The van der Waals surface area contributed by atoms with E-state index in [1.807, 2.05) is 19.1 Å². The molecule has 0 amide bonds. The summed E-state index contributed by atoms with van der Waals surface area (Å²) in [6.45, 7) is 7.29. The van der Waals surface area contributed by atoms with Crippen LogP contribution < -0.4 is 5.32 Å². The Morgan fingerprint density at radius 2 is 2.32 bits per heavy atom. The Morgan fingerprint density at radius 1 is 1.41 bits per heavy atom. The van der Waals surface area contributed by atoms with Crippen molar-refractivity contribution in [2.24, 2.45) is 0 Å². The number of nitrogens with zero attached hydrogens (tertiary/aromatic N) is 4. The van der Waals surface area contributed by atoms with Crippen molar-refractivity contribution in [2.45, 2.75) is 39.2 Å². The highest BCUT2D eigenvalue weighted by atomic mass is 16.5. The molecule has 0 saturated carbocycles. The van der Waals surface area contributed by atoms with E-state index in [0.29, 0.717) is 17.8 Å². The zero-order valence-corrected chi connectivity index (χ0v) is 13.2. The molecule has 1 fully saturated rings. The number of piperidine rings is 1. The first kappa shape index (κ1) is 15.0. The Kier molecular flexibility index (Phi) is 4.68. The van der Waals surface area contributed by atoms with Gasteiger partial charge in [-0.15, -0.1) is 0 Å². The van der Waals surface area contributed by atoms with Gasteiger partial charge in [0.25, 0.3) is 5.89 Å². The molecule has 3 rings (SSSR count). The van der Waals surface area contributed by atoms with Crippen LogP contribution in [0.3, 0.4) is 0 Å². The summed E-state index contributed by atoms with van der Waals surface area (Å²) in [6, 6.07) is 4.44. The number of likely N-dealkylation sites (N-methyl/N-ethyl adjacent to an activating group) is 1. The first-order chi connectivity index (χ1) is 10.8. The van der Waals surface area contributed by atoms with E-state index >= 15 is 0 Å². The van der Waals surface area contributed by atoms with Gasteiger partial charge in [-0.25, -0.2) is 4.98 Å². The molecule has 2 aromatic rings. The maximum absolute atomic E-state index is 5.21. The molecule has 6 heteroatoms. The van der Waals surface area contributed by atoms with Crippen molar-refractivity contribution in [3.05, 3.63) is 24.2 Å². The number of likely N-dealkylation sites (tertiary alicyclic amines) is 1. The van der Waals surface area contributed by atoms with Gasteiger partial charge in [0.2, 0.25) is 0 Å². The van der Waals surface area contributed by atoms with Crippen LogP contribution in [0.5, 0.6) is 0 Å². The van der Waals surface area contributed by atoms with Crippen LogP contribution in [-0.2, 0) is 0 Å². The SMILES string of the molecule is CCN1CCCCC1CNc1cc(-c2nc(C)no2)ccn1. The molecule has 1 atom stereocenters. The van der Waals surface area contributed by atoms with Crippen LogP contribution in [0.1, 0.15) is 32.0 Å². The van der Waals surface area contributed by atoms with Gasteiger partial charge in [-0.2, -0.15) is 4.98 Å². The molecule has 0 radical (unpaired) electrons. The minimum absolute atomic E-state index is 0.538. The van der Waals surface area contributed by atoms with E-state index in [-0.39, 0.29) is 0 Å². The van der Waals surface area contributed by atoms with Crippen LogP contribution >= 0.6 is 0 Å². The number of hydrogen-bond donors (Lipinski definition) is 1. The van der Waals surface area contributed by atoms with Gasteiger partial charge in [0.15, 0.2) is 5.82 Å². The van der Waals surface area contributed by atoms with Crippen LogP contribution in [-0.4, -0.2) is 45.7 Å². The summed E-state index contributed by atoms with van der Waals surface area (Å²) in [5, 5.41) is 7.28. The summed E-state index contributed by atoms with van der Waals surface area (Å²) in [7, 11) is 0. The number of rotatable bonds is 5. The first-order valence-corrected chi connectivity index (χ1v) is 8.01. The monoisotopic (exact) mass is 301 g/mol. The largest absolute Gasteiger partial charge is 0.368 e.